The number of nitrogens with zero attached hydrogens (tertiary/aromatic N) is 2. The molecule has 34 heavy (non-hydrogen) atoms. The Morgan fingerprint density at radius 3 is 2.21 bits per heavy atom. The van der Waals surface area contributed by atoms with Crippen LogP contribution in [0.4, 0.5) is 5.69 Å². The number of ether oxygens (including phenoxy) is 3. The van der Waals surface area contributed by atoms with Gasteiger partial charge >= 0.3 is 0 Å². The van der Waals surface area contributed by atoms with Gasteiger partial charge in [-0.3, -0.25) is 14.4 Å². The number of imide groups is 1. The third-order valence-electron chi connectivity index (χ3n) is 5.02. The van der Waals surface area contributed by atoms with Crippen molar-refractivity contribution in [1.29, 1.82) is 0 Å². The van der Waals surface area contributed by atoms with Crippen LogP contribution in [-0.2, 0) is 4.79 Å². The minimum Gasteiger partial charge on any atom is -0.495 e. The number of hydrazone groups is 1. The number of nitrogens with one attached hydrogen (secondary N) is 1. The molecular weight excluding hydrogens is 438 g/mol. The fourth-order valence-corrected chi connectivity index (χ4v) is 3.37. The van der Waals surface area contributed by atoms with Crippen molar-refractivity contribution in [2.45, 2.75) is 0 Å². The maximum atomic E-state index is 12.4. The molecule has 1 heterocycles. The number of fused-ring (bicyclic) bond motifs is 1. The molecule has 0 saturated heterocycles. The van der Waals surface area contributed by atoms with Crippen LogP contribution in [0, 0.1) is 0 Å². The molecule has 1 N–H and O–H groups in total. The smallest absolute Gasteiger partial charge is 0.282 e. The van der Waals surface area contributed by atoms with E-state index in [0.29, 0.717) is 39.6 Å². The Balaban J connectivity index is 1.41. The van der Waals surface area contributed by atoms with E-state index in [1.165, 1.54) is 20.4 Å². The molecule has 1 aliphatic heterocycles. The van der Waals surface area contributed by atoms with Crippen LogP contribution in [0.1, 0.15) is 26.3 Å². The summed E-state index contributed by atoms with van der Waals surface area (Å²) in [6.07, 6.45) is 1.38. The lowest BCUT2D eigenvalue weighted by molar-refractivity contribution is -0.118. The zero-order valence-electron chi connectivity index (χ0n) is 18.5. The standard InChI is InChI=1S/C25H21N3O6/c1-32-20-10-6-5-9-19(20)27-23(29)15-34-21-12-11-16(13-22(21)33-2)14-26-28-24(30)17-7-3-4-8-18(17)25(28)31/h3-14H,15H2,1-2H3,(H,27,29)/b26-14+. The molecule has 9 heteroatoms. The minimum atomic E-state index is -0.482. The fraction of sp³-hybridized carbons (Fsp3) is 0.120. The van der Waals surface area contributed by atoms with E-state index in [1.807, 2.05) is 0 Å². The minimum absolute atomic E-state index is 0.253. The van der Waals surface area contributed by atoms with Crippen LogP contribution < -0.4 is 19.5 Å². The molecule has 0 aromatic heterocycles. The molecule has 0 unspecified atom stereocenters. The zero-order valence-corrected chi connectivity index (χ0v) is 18.5. The van der Waals surface area contributed by atoms with Crippen molar-refractivity contribution in [2.75, 3.05) is 26.1 Å². The van der Waals surface area contributed by atoms with E-state index in [2.05, 4.69) is 10.4 Å². The molecule has 1 aliphatic rings. The van der Waals surface area contributed by atoms with E-state index >= 15 is 0 Å². The van der Waals surface area contributed by atoms with Crippen LogP contribution >= 0.6 is 0 Å². The first-order valence-electron chi connectivity index (χ1n) is 10.3. The quantitative estimate of drug-likeness (QED) is 0.409. The van der Waals surface area contributed by atoms with E-state index in [-0.39, 0.29) is 12.5 Å². The summed E-state index contributed by atoms with van der Waals surface area (Å²) in [5, 5.41) is 7.60. The highest BCUT2D eigenvalue weighted by Gasteiger charge is 2.35. The van der Waals surface area contributed by atoms with Crippen molar-refractivity contribution in [3.8, 4) is 17.2 Å². The van der Waals surface area contributed by atoms with Crippen molar-refractivity contribution in [3.05, 3.63) is 83.4 Å². The highest BCUT2D eigenvalue weighted by Crippen LogP contribution is 2.28. The summed E-state index contributed by atoms with van der Waals surface area (Å²) in [5.74, 6) is -0.0976. The number of carbonyl (C=O) groups excluding carboxylic acids is 3. The summed E-state index contributed by atoms with van der Waals surface area (Å²) < 4.78 is 16.2. The summed E-state index contributed by atoms with van der Waals surface area (Å²) in [4.78, 5) is 37.2. The van der Waals surface area contributed by atoms with Gasteiger partial charge in [0.1, 0.15) is 5.75 Å². The lowest BCUT2D eigenvalue weighted by Gasteiger charge is -2.13. The van der Waals surface area contributed by atoms with Crippen molar-refractivity contribution in [1.82, 2.24) is 5.01 Å². The van der Waals surface area contributed by atoms with Gasteiger partial charge in [0, 0.05) is 0 Å². The van der Waals surface area contributed by atoms with Gasteiger partial charge in [0.25, 0.3) is 17.7 Å². The molecule has 0 aliphatic carbocycles. The van der Waals surface area contributed by atoms with E-state index in [0.717, 1.165) is 5.01 Å². The van der Waals surface area contributed by atoms with Gasteiger partial charge in [-0.05, 0) is 48.0 Å². The third kappa shape index (κ3) is 4.58. The van der Waals surface area contributed by atoms with Crippen molar-refractivity contribution in [3.63, 3.8) is 0 Å². The first-order chi connectivity index (χ1) is 16.5. The Morgan fingerprint density at radius 2 is 1.53 bits per heavy atom. The zero-order chi connectivity index (χ0) is 24.1. The predicted octanol–water partition coefficient (Wildman–Crippen LogP) is 3.35. The topological polar surface area (TPSA) is 107 Å². The summed E-state index contributed by atoms with van der Waals surface area (Å²) >= 11 is 0. The molecule has 0 bridgehead atoms. The molecule has 3 amide bonds. The summed E-state index contributed by atoms with van der Waals surface area (Å²) in [7, 11) is 2.98. The summed E-state index contributed by atoms with van der Waals surface area (Å²) in [6, 6.07) is 18.5. The molecular formula is C25H21N3O6. The monoisotopic (exact) mass is 459 g/mol. The maximum Gasteiger partial charge on any atom is 0.282 e. The van der Waals surface area contributed by atoms with Crippen LogP contribution in [0.5, 0.6) is 17.2 Å². The van der Waals surface area contributed by atoms with Gasteiger partial charge in [0.15, 0.2) is 18.1 Å². The maximum absolute atomic E-state index is 12.4. The number of hydrogen-bond acceptors (Lipinski definition) is 7. The molecule has 3 aromatic carbocycles. The number of benzene rings is 3. The Morgan fingerprint density at radius 1 is 0.882 bits per heavy atom. The predicted molar refractivity (Wildman–Crippen MR) is 125 cm³/mol. The molecule has 0 saturated carbocycles. The number of anilines is 1. The molecule has 0 fully saturated rings. The molecule has 3 aromatic rings. The van der Waals surface area contributed by atoms with Crippen LogP contribution in [0.2, 0.25) is 0 Å². The first-order valence-corrected chi connectivity index (χ1v) is 10.3. The normalized spacial score (nSPS) is 12.6. The third-order valence-corrected chi connectivity index (χ3v) is 5.02. The van der Waals surface area contributed by atoms with Crippen LogP contribution in [0.3, 0.4) is 0 Å². The number of carbonyl (C=O) groups is 3. The molecule has 0 spiro atoms. The highest BCUT2D eigenvalue weighted by molar-refractivity contribution is 6.21. The molecule has 0 radical (unpaired) electrons. The second kappa shape index (κ2) is 9.86. The highest BCUT2D eigenvalue weighted by atomic mass is 16.5. The Kier molecular flexibility index (Phi) is 6.54. The number of methoxy groups -OCH3 is 2. The SMILES string of the molecule is COc1ccccc1NC(=O)COc1ccc(/C=N/N2C(=O)c3ccccc3C2=O)cc1OC. The van der Waals surface area contributed by atoms with Crippen LogP contribution in [0.15, 0.2) is 71.8 Å². The van der Waals surface area contributed by atoms with E-state index < -0.39 is 11.8 Å². The second-order valence-electron chi connectivity index (χ2n) is 7.16. The van der Waals surface area contributed by atoms with Crippen molar-refractivity contribution >= 4 is 29.6 Å². The molecule has 9 nitrogen and oxygen atoms in total. The van der Waals surface area contributed by atoms with E-state index in [9.17, 15) is 14.4 Å². The van der Waals surface area contributed by atoms with Crippen LogP contribution in [-0.4, -0.2) is 49.8 Å². The average Bonchev–Trinajstić information content (AvgIpc) is 3.11. The summed E-state index contributed by atoms with van der Waals surface area (Å²) in [5.41, 5.74) is 1.74. The fourth-order valence-electron chi connectivity index (χ4n) is 3.37. The van der Waals surface area contributed by atoms with Gasteiger partial charge in [-0.15, -0.1) is 0 Å². The van der Waals surface area contributed by atoms with Crippen LogP contribution in [0.25, 0.3) is 0 Å². The molecule has 4 rings (SSSR count). The van der Waals surface area contributed by atoms with Gasteiger partial charge in [-0.25, -0.2) is 0 Å². The largest absolute Gasteiger partial charge is 0.495 e. The number of hydrogen-bond donors (Lipinski definition) is 1. The Labute approximate surface area is 195 Å². The number of para-hydroxylation sites is 2. The van der Waals surface area contributed by atoms with Gasteiger partial charge in [-0.2, -0.15) is 10.1 Å². The van der Waals surface area contributed by atoms with Gasteiger partial charge in [-0.1, -0.05) is 24.3 Å². The number of amides is 3. The first kappa shape index (κ1) is 22.5. The Hall–Kier alpha value is -4.66. The van der Waals surface area contributed by atoms with E-state index in [4.69, 9.17) is 14.2 Å². The van der Waals surface area contributed by atoms with E-state index in [1.54, 1.807) is 66.7 Å². The van der Waals surface area contributed by atoms with Gasteiger partial charge in [0.2, 0.25) is 0 Å². The summed E-state index contributed by atoms with van der Waals surface area (Å²) in [6.45, 7) is -0.253. The Bertz CT molecular complexity index is 1250. The lowest BCUT2D eigenvalue weighted by Crippen LogP contribution is -2.24. The van der Waals surface area contributed by atoms with Crippen molar-refractivity contribution in [2.24, 2.45) is 5.10 Å². The lowest BCUT2D eigenvalue weighted by atomic mass is 10.1. The van der Waals surface area contributed by atoms with Gasteiger partial charge < -0.3 is 19.5 Å². The molecule has 172 valence electrons. The van der Waals surface area contributed by atoms with Gasteiger partial charge in [0.05, 0.1) is 37.2 Å². The van der Waals surface area contributed by atoms with Crippen molar-refractivity contribution < 1.29 is 28.6 Å². The number of rotatable bonds is 8. The second-order valence-corrected chi connectivity index (χ2v) is 7.16. The molecule has 0 atom stereocenters. The average molecular weight is 459 g/mol.